The summed E-state index contributed by atoms with van der Waals surface area (Å²) in [6.07, 6.45) is 0. The maximum atomic E-state index is 13.0. The number of aromatic nitrogens is 2. The fourth-order valence-corrected chi connectivity index (χ4v) is 3.61. The van der Waals surface area contributed by atoms with Crippen LogP contribution in [0, 0.1) is 10.4 Å². The lowest BCUT2D eigenvalue weighted by Gasteiger charge is -2.12. The highest BCUT2D eigenvalue weighted by molar-refractivity contribution is 7.13. The number of nitrogens with zero attached hydrogens (tertiary/aromatic N) is 2. The summed E-state index contributed by atoms with van der Waals surface area (Å²) in [5, 5.41) is 28.5. The van der Waals surface area contributed by atoms with Crippen LogP contribution in [0.2, 0.25) is 5.02 Å². The molecule has 0 aliphatic rings. The Morgan fingerprint density at radius 1 is 0.750 bits per heavy atom. The van der Waals surface area contributed by atoms with Gasteiger partial charge in [0.1, 0.15) is 4.88 Å². The predicted molar refractivity (Wildman–Crippen MR) is 95.6 cm³/mol. The van der Waals surface area contributed by atoms with Crippen LogP contribution in [0.3, 0.4) is 0 Å². The lowest BCUT2D eigenvalue weighted by Crippen LogP contribution is -2.42. The Kier molecular flexibility index (Phi) is 3.59. The van der Waals surface area contributed by atoms with E-state index in [9.17, 15) is 10.4 Å². The van der Waals surface area contributed by atoms with Crippen LogP contribution < -0.4 is 9.46 Å². The molecule has 24 heavy (non-hydrogen) atoms. The van der Waals surface area contributed by atoms with Crippen LogP contribution in [-0.4, -0.2) is 0 Å². The van der Waals surface area contributed by atoms with Crippen molar-refractivity contribution < 1.29 is 9.46 Å². The summed E-state index contributed by atoms with van der Waals surface area (Å²) in [4.78, 5) is 0.741. The number of para-hydroxylation sites is 2. The standard InChI is InChI=1S/C18H11ClN2O2S/c19-13-9-7-12(8-10-13)17-18(16-6-3-11-24-16)21(23)15-5-2-1-4-14(15)20(17)22/h1-11H. The highest BCUT2D eigenvalue weighted by Gasteiger charge is 2.31. The van der Waals surface area contributed by atoms with E-state index in [1.165, 1.54) is 11.3 Å². The van der Waals surface area contributed by atoms with E-state index in [0.717, 1.165) is 14.3 Å². The van der Waals surface area contributed by atoms with Crippen LogP contribution in [0.25, 0.3) is 32.9 Å². The molecule has 0 N–H and O–H groups in total. The van der Waals surface area contributed by atoms with Gasteiger partial charge in [-0.3, -0.25) is 0 Å². The molecule has 2 aromatic heterocycles. The number of halogens is 1. The number of fused-ring (bicyclic) bond motifs is 1. The Morgan fingerprint density at radius 3 is 1.96 bits per heavy atom. The summed E-state index contributed by atoms with van der Waals surface area (Å²) in [6.45, 7) is 0. The smallest absolute Gasteiger partial charge is 0.308 e. The molecule has 0 saturated heterocycles. The Morgan fingerprint density at radius 2 is 1.38 bits per heavy atom. The molecule has 0 radical (unpaired) electrons. The first kappa shape index (κ1) is 14.9. The van der Waals surface area contributed by atoms with E-state index < -0.39 is 0 Å². The van der Waals surface area contributed by atoms with Gasteiger partial charge in [0.05, 0.1) is 5.56 Å². The normalized spacial score (nSPS) is 11.0. The van der Waals surface area contributed by atoms with Crippen molar-refractivity contribution in [1.29, 1.82) is 0 Å². The Bertz CT molecular complexity index is 1030. The Labute approximate surface area is 147 Å². The van der Waals surface area contributed by atoms with Crippen molar-refractivity contribution in [3.05, 3.63) is 81.5 Å². The summed E-state index contributed by atoms with van der Waals surface area (Å²) < 4.78 is 1.65. The summed E-state index contributed by atoms with van der Waals surface area (Å²) in [5.74, 6) is 0. The van der Waals surface area contributed by atoms with Gasteiger partial charge < -0.3 is 10.4 Å². The molecule has 0 bridgehead atoms. The minimum absolute atomic E-state index is 0.322. The second-order valence-corrected chi connectivity index (χ2v) is 6.64. The van der Waals surface area contributed by atoms with Crippen molar-refractivity contribution >= 4 is 34.0 Å². The summed E-state index contributed by atoms with van der Waals surface area (Å²) in [6, 6.07) is 17.4. The number of benzene rings is 2. The molecule has 4 rings (SSSR count). The van der Waals surface area contributed by atoms with Gasteiger partial charge in [-0.15, -0.1) is 11.3 Å². The van der Waals surface area contributed by atoms with Crippen molar-refractivity contribution in [2.45, 2.75) is 0 Å². The van der Waals surface area contributed by atoms with Gasteiger partial charge in [-0.05, 0) is 35.7 Å². The molecular weight excluding hydrogens is 344 g/mol. The van der Waals surface area contributed by atoms with E-state index in [2.05, 4.69) is 0 Å². The first-order valence-electron chi connectivity index (χ1n) is 7.24. The van der Waals surface area contributed by atoms with Crippen molar-refractivity contribution in [3.8, 4) is 21.8 Å². The van der Waals surface area contributed by atoms with Gasteiger partial charge in [-0.2, -0.15) is 9.46 Å². The van der Waals surface area contributed by atoms with E-state index >= 15 is 0 Å². The SMILES string of the molecule is [O-][n+]1c(-c2ccc(Cl)cc2)c(-c2cccs2)[n+]([O-])c2ccccc21. The van der Waals surface area contributed by atoms with Gasteiger partial charge in [0.2, 0.25) is 0 Å². The predicted octanol–water partition coefficient (Wildman–Crippen LogP) is 4.16. The second kappa shape index (κ2) is 5.78. The van der Waals surface area contributed by atoms with Crippen LogP contribution in [0.4, 0.5) is 0 Å². The number of hydrogen-bond acceptors (Lipinski definition) is 3. The first-order valence-corrected chi connectivity index (χ1v) is 8.50. The summed E-state index contributed by atoms with van der Waals surface area (Å²) >= 11 is 7.38. The molecule has 4 aromatic rings. The molecular formula is C18H11ClN2O2S. The number of rotatable bonds is 2. The zero-order valence-corrected chi connectivity index (χ0v) is 13.9. The molecule has 4 nitrogen and oxygen atoms in total. The van der Waals surface area contributed by atoms with E-state index in [-0.39, 0.29) is 0 Å². The van der Waals surface area contributed by atoms with E-state index in [0.29, 0.717) is 33.0 Å². The van der Waals surface area contributed by atoms with Gasteiger partial charge in [0.15, 0.2) is 0 Å². The van der Waals surface area contributed by atoms with Crippen molar-refractivity contribution in [3.63, 3.8) is 0 Å². The molecule has 118 valence electrons. The summed E-state index contributed by atoms with van der Waals surface area (Å²) in [5.41, 5.74) is 1.99. The molecule has 0 spiro atoms. The maximum Gasteiger partial charge on any atom is 0.308 e. The van der Waals surface area contributed by atoms with Crippen molar-refractivity contribution in [1.82, 2.24) is 0 Å². The largest absolute Gasteiger partial charge is 0.617 e. The van der Waals surface area contributed by atoms with E-state index in [4.69, 9.17) is 11.6 Å². The maximum absolute atomic E-state index is 13.0. The molecule has 6 heteroatoms. The molecule has 0 saturated carbocycles. The van der Waals surface area contributed by atoms with Crippen molar-refractivity contribution in [2.24, 2.45) is 0 Å². The van der Waals surface area contributed by atoms with Crippen LogP contribution in [0.5, 0.6) is 0 Å². The van der Waals surface area contributed by atoms with Crippen LogP contribution in [0.1, 0.15) is 0 Å². The highest BCUT2D eigenvalue weighted by atomic mass is 35.5. The third-order valence-corrected chi connectivity index (χ3v) is 4.95. The molecule has 0 aliphatic heterocycles. The quantitative estimate of drug-likeness (QED) is 0.401. The monoisotopic (exact) mass is 354 g/mol. The third-order valence-electron chi connectivity index (χ3n) is 3.82. The van der Waals surface area contributed by atoms with Crippen LogP contribution in [0.15, 0.2) is 66.0 Å². The Hall–Kier alpha value is -2.63. The minimum atomic E-state index is 0.322. The lowest BCUT2D eigenvalue weighted by atomic mass is 10.1. The van der Waals surface area contributed by atoms with Gasteiger partial charge in [-0.1, -0.05) is 29.8 Å². The molecule has 0 atom stereocenters. The average molecular weight is 355 g/mol. The number of thiophene rings is 1. The van der Waals surface area contributed by atoms with E-state index in [1.54, 1.807) is 48.5 Å². The second-order valence-electron chi connectivity index (χ2n) is 5.26. The number of hydrogen-bond donors (Lipinski definition) is 0. The van der Waals surface area contributed by atoms with Gasteiger partial charge in [0, 0.05) is 17.2 Å². The molecule has 2 heterocycles. The first-order chi connectivity index (χ1) is 11.7. The lowest BCUT2D eigenvalue weighted by molar-refractivity contribution is -0.612. The molecule has 0 aliphatic carbocycles. The molecule has 2 aromatic carbocycles. The average Bonchev–Trinajstić information content (AvgIpc) is 3.13. The molecule has 0 unspecified atom stereocenters. The van der Waals surface area contributed by atoms with Gasteiger partial charge >= 0.3 is 5.69 Å². The van der Waals surface area contributed by atoms with Gasteiger partial charge in [0.25, 0.3) is 16.7 Å². The fourth-order valence-electron chi connectivity index (χ4n) is 2.73. The third kappa shape index (κ3) is 2.29. The van der Waals surface area contributed by atoms with E-state index in [1.807, 2.05) is 17.5 Å². The zero-order valence-electron chi connectivity index (χ0n) is 12.3. The van der Waals surface area contributed by atoms with Crippen LogP contribution >= 0.6 is 22.9 Å². The highest BCUT2D eigenvalue weighted by Crippen LogP contribution is 2.31. The van der Waals surface area contributed by atoms with Crippen LogP contribution in [-0.2, 0) is 0 Å². The minimum Gasteiger partial charge on any atom is -0.617 e. The fraction of sp³-hybridized carbons (Fsp3) is 0. The molecule has 0 amide bonds. The van der Waals surface area contributed by atoms with Crippen molar-refractivity contribution in [2.75, 3.05) is 0 Å². The Balaban J connectivity index is 2.16. The van der Waals surface area contributed by atoms with Gasteiger partial charge in [-0.25, -0.2) is 0 Å². The topological polar surface area (TPSA) is 53.9 Å². The zero-order chi connectivity index (χ0) is 16.7. The molecule has 0 fully saturated rings. The summed E-state index contributed by atoms with van der Waals surface area (Å²) in [7, 11) is 0.